The van der Waals surface area contributed by atoms with Crippen molar-refractivity contribution in [2.45, 2.75) is 6.17 Å². The highest BCUT2D eigenvalue weighted by atomic mass is 16.3. The molecule has 0 atom stereocenters. The zero-order valence-corrected chi connectivity index (χ0v) is 7.04. The second-order valence-corrected chi connectivity index (χ2v) is 2.37. The molecule has 0 saturated carbocycles. The van der Waals surface area contributed by atoms with E-state index in [9.17, 15) is 14.7 Å². The molecule has 0 radical (unpaired) electrons. The topological polar surface area (TPSA) is 79.1 Å². The van der Waals surface area contributed by atoms with Crippen LogP contribution in [0.2, 0.25) is 0 Å². The highest BCUT2D eigenvalue weighted by Crippen LogP contribution is 2.26. The first-order chi connectivity index (χ1) is 6.79. The van der Waals surface area contributed by atoms with E-state index in [4.69, 9.17) is 0 Å². The van der Waals surface area contributed by atoms with Crippen molar-refractivity contribution in [1.29, 1.82) is 0 Å². The highest BCUT2D eigenvalue weighted by Gasteiger charge is 2.11. The van der Waals surface area contributed by atoms with E-state index in [2.05, 4.69) is 9.98 Å². The maximum atomic E-state index is 10.0. The first kappa shape index (κ1) is 9.86. The number of rotatable bonds is 3. The van der Waals surface area contributed by atoms with Crippen LogP contribution in [0, 0.1) is 0 Å². The summed E-state index contributed by atoms with van der Waals surface area (Å²) in [7, 11) is 0. The summed E-state index contributed by atoms with van der Waals surface area (Å²) >= 11 is 0. The number of aromatic hydroxyl groups is 1. The average Bonchev–Trinajstić information content (AvgIpc) is 2.18. The molecular weight excluding hydrogens is 184 g/mol. The Hall–Kier alpha value is -2.22. The molecule has 0 saturated heterocycles. The van der Waals surface area contributed by atoms with Gasteiger partial charge in [0.25, 0.3) is 0 Å². The third-order valence-electron chi connectivity index (χ3n) is 1.56. The molecule has 1 rings (SSSR count). The van der Waals surface area contributed by atoms with E-state index in [0.717, 1.165) is 0 Å². The molecule has 0 aliphatic carbocycles. The van der Waals surface area contributed by atoms with Crippen molar-refractivity contribution in [2.24, 2.45) is 9.98 Å². The number of para-hydroxylation sites is 1. The third kappa shape index (κ3) is 2.14. The molecule has 0 aromatic heterocycles. The predicted molar refractivity (Wildman–Crippen MR) is 47.1 cm³/mol. The summed E-state index contributed by atoms with van der Waals surface area (Å²) in [5.74, 6) is -0.0875. The van der Waals surface area contributed by atoms with Gasteiger partial charge in [0.05, 0.1) is 0 Å². The van der Waals surface area contributed by atoms with Gasteiger partial charge in [0, 0.05) is 5.56 Å². The summed E-state index contributed by atoms with van der Waals surface area (Å²) in [4.78, 5) is 26.5. The van der Waals surface area contributed by atoms with Crippen LogP contribution in [-0.2, 0) is 9.59 Å². The molecule has 0 unspecified atom stereocenters. The van der Waals surface area contributed by atoms with E-state index < -0.39 is 6.17 Å². The largest absolute Gasteiger partial charge is 0.508 e. The fourth-order valence-corrected chi connectivity index (χ4v) is 0.974. The quantitative estimate of drug-likeness (QED) is 0.571. The van der Waals surface area contributed by atoms with Gasteiger partial charge in [-0.05, 0) is 6.07 Å². The maximum absolute atomic E-state index is 10.0. The monoisotopic (exact) mass is 190 g/mol. The zero-order chi connectivity index (χ0) is 10.4. The standard InChI is InChI=1S/C9H6N2O3/c12-5-10-9(11-6-13)7-3-1-2-4-8(7)14/h1-4,9,14H. The third-order valence-corrected chi connectivity index (χ3v) is 1.56. The van der Waals surface area contributed by atoms with Crippen LogP contribution in [-0.4, -0.2) is 17.3 Å². The van der Waals surface area contributed by atoms with Crippen LogP contribution >= 0.6 is 0 Å². The summed E-state index contributed by atoms with van der Waals surface area (Å²) in [6.07, 6.45) is 1.48. The van der Waals surface area contributed by atoms with Gasteiger partial charge in [-0.25, -0.2) is 9.59 Å². The number of hydrogen-bond donors (Lipinski definition) is 1. The Balaban J connectivity index is 3.17. The van der Waals surface area contributed by atoms with Gasteiger partial charge in [-0.15, -0.1) is 0 Å². The Bertz CT molecular complexity index is 400. The Morgan fingerprint density at radius 2 is 1.71 bits per heavy atom. The van der Waals surface area contributed by atoms with Crippen LogP contribution in [0.3, 0.4) is 0 Å². The average molecular weight is 190 g/mol. The fraction of sp³-hybridized carbons (Fsp3) is 0.111. The van der Waals surface area contributed by atoms with Crippen molar-refractivity contribution in [3.8, 4) is 5.75 Å². The molecule has 0 amide bonds. The number of aliphatic imine (C=N–C) groups is 2. The van der Waals surface area contributed by atoms with Gasteiger partial charge < -0.3 is 5.11 Å². The maximum Gasteiger partial charge on any atom is 0.237 e. The summed E-state index contributed by atoms with van der Waals surface area (Å²) in [6.45, 7) is 0. The SMILES string of the molecule is O=C=NC(N=C=O)c1ccccc1O. The molecule has 1 aromatic carbocycles. The van der Waals surface area contributed by atoms with Crippen LogP contribution in [0.1, 0.15) is 11.7 Å². The smallest absolute Gasteiger partial charge is 0.237 e. The minimum atomic E-state index is -1.06. The Kier molecular flexibility index (Phi) is 3.33. The second kappa shape index (κ2) is 4.72. The van der Waals surface area contributed by atoms with E-state index in [-0.39, 0.29) is 11.3 Å². The van der Waals surface area contributed by atoms with Crippen LogP contribution in [0.25, 0.3) is 0 Å². The molecule has 5 nitrogen and oxygen atoms in total. The predicted octanol–water partition coefficient (Wildman–Crippen LogP) is 1.06. The minimum Gasteiger partial charge on any atom is -0.508 e. The fourth-order valence-electron chi connectivity index (χ4n) is 0.974. The molecule has 0 fully saturated rings. The molecule has 0 aliphatic rings. The van der Waals surface area contributed by atoms with E-state index in [1.165, 1.54) is 24.3 Å². The second-order valence-electron chi connectivity index (χ2n) is 2.37. The molecule has 70 valence electrons. The summed E-state index contributed by atoms with van der Waals surface area (Å²) in [5, 5.41) is 9.35. The molecular formula is C9H6N2O3. The summed E-state index contributed by atoms with van der Waals surface area (Å²) in [6, 6.07) is 6.14. The van der Waals surface area contributed by atoms with Crippen molar-refractivity contribution < 1.29 is 14.7 Å². The number of phenols is 1. The van der Waals surface area contributed by atoms with E-state index >= 15 is 0 Å². The molecule has 14 heavy (non-hydrogen) atoms. The lowest BCUT2D eigenvalue weighted by atomic mass is 10.1. The number of benzene rings is 1. The zero-order valence-electron chi connectivity index (χ0n) is 7.04. The lowest BCUT2D eigenvalue weighted by Crippen LogP contribution is -1.91. The van der Waals surface area contributed by atoms with Gasteiger partial charge in [0.15, 0.2) is 6.17 Å². The van der Waals surface area contributed by atoms with E-state index in [0.29, 0.717) is 0 Å². The van der Waals surface area contributed by atoms with Crippen LogP contribution in [0.4, 0.5) is 0 Å². The molecule has 0 spiro atoms. The first-order valence-corrected chi connectivity index (χ1v) is 3.71. The number of hydrogen-bond acceptors (Lipinski definition) is 5. The minimum absolute atomic E-state index is 0.0875. The van der Waals surface area contributed by atoms with Gasteiger partial charge in [0.2, 0.25) is 12.2 Å². The van der Waals surface area contributed by atoms with Crippen molar-refractivity contribution in [2.75, 3.05) is 0 Å². The lowest BCUT2D eigenvalue weighted by molar-refractivity contribution is 0.462. The van der Waals surface area contributed by atoms with Crippen LogP contribution in [0.5, 0.6) is 5.75 Å². The van der Waals surface area contributed by atoms with E-state index in [1.807, 2.05) is 0 Å². The van der Waals surface area contributed by atoms with Crippen LogP contribution in [0.15, 0.2) is 34.3 Å². The van der Waals surface area contributed by atoms with Gasteiger partial charge >= 0.3 is 0 Å². The Morgan fingerprint density at radius 1 is 1.14 bits per heavy atom. The highest BCUT2D eigenvalue weighted by molar-refractivity contribution is 5.42. The van der Waals surface area contributed by atoms with Crippen molar-refractivity contribution >= 4 is 12.2 Å². The van der Waals surface area contributed by atoms with Gasteiger partial charge in [-0.3, -0.25) is 0 Å². The molecule has 5 heteroatoms. The Morgan fingerprint density at radius 3 is 2.21 bits per heavy atom. The summed E-state index contributed by atoms with van der Waals surface area (Å²) < 4.78 is 0. The lowest BCUT2D eigenvalue weighted by Gasteiger charge is -2.04. The van der Waals surface area contributed by atoms with Gasteiger partial charge in [-0.2, -0.15) is 9.98 Å². The molecule has 0 aliphatic heterocycles. The van der Waals surface area contributed by atoms with Crippen molar-refractivity contribution in [3.63, 3.8) is 0 Å². The Labute approximate surface area is 79.4 Å². The van der Waals surface area contributed by atoms with Crippen LogP contribution < -0.4 is 0 Å². The molecule has 0 heterocycles. The number of phenolic OH excluding ortho intramolecular Hbond substituents is 1. The van der Waals surface area contributed by atoms with Crippen molar-refractivity contribution in [1.82, 2.24) is 0 Å². The normalized spacial score (nSPS) is 10.9. The molecule has 1 aromatic rings. The van der Waals surface area contributed by atoms with Gasteiger partial charge in [0.1, 0.15) is 5.75 Å². The first-order valence-electron chi connectivity index (χ1n) is 3.71. The van der Waals surface area contributed by atoms with E-state index in [1.54, 1.807) is 12.1 Å². The molecule has 1 N–H and O–H groups in total. The molecule has 0 bridgehead atoms. The number of carbonyl (C=O) groups excluding carboxylic acids is 2. The van der Waals surface area contributed by atoms with Gasteiger partial charge in [-0.1, -0.05) is 18.2 Å². The number of nitrogens with zero attached hydrogens (tertiary/aromatic N) is 2. The van der Waals surface area contributed by atoms with Crippen molar-refractivity contribution in [3.05, 3.63) is 29.8 Å². The number of isocyanates is 2. The summed E-state index contributed by atoms with van der Waals surface area (Å²) in [5.41, 5.74) is 0.263.